The number of hydrogen-bond acceptors (Lipinski definition) is 2. The van der Waals surface area contributed by atoms with Crippen molar-refractivity contribution in [3.63, 3.8) is 0 Å². The van der Waals surface area contributed by atoms with Crippen LogP contribution in [0, 0.1) is 0 Å². The van der Waals surface area contributed by atoms with Crippen molar-refractivity contribution in [2.24, 2.45) is 0 Å². The van der Waals surface area contributed by atoms with E-state index < -0.39 is 0 Å². The number of nitrogens with zero attached hydrogens (tertiary/aromatic N) is 2. The number of amides is 2. The maximum Gasteiger partial charge on any atom is 4.00 e. The van der Waals surface area contributed by atoms with Gasteiger partial charge in [0.2, 0.25) is 0 Å². The fourth-order valence-corrected chi connectivity index (χ4v) is 1.45. The zero-order valence-electron chi connectivity index (χ0n) is 14.2. The summed E-state index contributed by atoms with van der Waals surface area (Å²) in [6, 6.07) is 18.5. The first-order valence-corrected chi connectivity index (χ1v) is 7.25. The van der Waals surface area contributed by atoms with E-state index in [0.29, 0.717) is 12.8 Å². The first-order chi connectivity index (χ1) is 10.7. The van der Waals surface area contributed by atoms with Crippen LogP contribution >= 0.6 is 0 Å². The molecule has 4 nitrogen and oxygen atoms in total. The Balaban J connectivity index is -0.000000346. The summed E-state index contributed by atoms with van der Waals surface area (Å²) in [7, 11) is 0. The Bertz CT molecular complexity index is 531. The van der Waals surface area contributed by atoms with E-state index >= 15 is 0 Å². The van der Waals surface area contributed by atoms with Crippen molar-refractivity contribution in [1.29, 1.82) is 0 Å². The van der Waals surface area contributed by atoms with Crippen LogP contribution in [0.1, 0.15) is 26.7 Å². The fourth-order valence-electron chi connectivity index (χ4n) is 1.45. The second kappa shape index (κ2) is 17.9. The zero-order chi connectivity index (χ0) is 16.2. The monoisotopic (exact) mass is 502 g/mol. The number of para-hydroxylation sites is 2. The topological polar surface area (TPSA) is 62.3 Å². The Morgan fingerprint density at radius 1 is 0.680 bits per heavy atom. The molecule has 0 atom stereocenters. The number of halogens is 2. The molecule has 0 bridgehead atoms. The molecule has 7 heteroatoms. The quantitative estimate of drug-likeness (QED) is 0.516. The van der Waals surface area contributed by atoms with Gasteiger partial charge in [0.15, 0.2) is 0 Å². The van der Waals surface area contributed by atoms with Gasteiger partial charge in [0, 0.05) is 0 Å². The number of carbonyl (C=O) groups excluding carboxylic acids is 2. The second-order valence-corrected chi connectivity index (χ2v) is 4.39. The van der Waals surface area contributed by atoms with Gasteiger partial charge in [-0.05, 0) is 12.8 Å². The molecule has 0 N–H and O–H groups in total. The summed E-state index contributed by atoms with van der Waals surface area (Å²) in [6.07, 6.45) is 0.934. The smallest absolute Gasteiger partial charge is 1.00 e. The van der Waals surface area contributed by atoms with Gasteiger partial charge in [-0.25, -0.2) is 0 Å². The second-order valence-electron chi connectivity index (χ2n) is 4.39. The maximum absolute atomic E-state index is 10.8. The van der Waals surface area contributed by atoms with Gasteiger partial charge in [0.05, 0.1) is 11.8 Å². The first kappa shape index (κ1) is 28.8. The third-order valence-electron chi connectivity index (χ3n) is 2.62. The average Bonchev–Trinajstić information content (AvgIpc) is 2.57. The predicted octanol–water partition coefficient (Wildman–Crippen LogP) is -0.738. The van der Waals surface area contributed by atoms with E-state index in [-0.39, 0.29) is 67.5 Å². The molecule has 0 aliphatic rings. The SMILES string of the molecule is CCC(=O)[N-]c1ccccc1.CCC(=O)[N-]c1ccccc1.[Br-].[Br-].[Ti+4]. The molecule has 132 valence electrons. The Hall–Kier alpha value is -0.946. The first-order valence-electron chi connectivity index (χ1n) is 7.25. The van der Waals surface area contributed by atoms with Gasteiger partial charge in [-0.1, -0.05) is 74.5 Å². The molecule has 0 aliphatic heterocycles. The summed E-state index contributed by atoms with van der Waals surface area (Å²) in [5.74, 6) is -0.146. The fraction of sp³-hybridized carbons (Fsp3) is 0.222. The van der Waals surface area contributed by atoms with Gasteiger partial charge >= 0.3 is 21.7 Å². The minimum absolute atomic E-state index is 0. The van der Waals surface area contributed by atoms with Crippen molar-refractivity contribution in [2.75, 3.05) is 0 Å². The molecule has 2 aromatic carbocycles. The summed E-state index contributed by atoms with van der Waals surface area (Å²) in [6.45, 7) is 3.60. The molecule has 0 saturated carbocycles. The summed E-state index contributed by atoms with van der Waals surface area (Å²) >= 11 is 0. The van der Waals surface area contributed by atoms with Gasteiger partial charge in [0.1, 0.15) is 0 Å². The Labute approximate surface area is 185 Å². The molecule has 0 heterocycles. The van der Waals surface area contributed by atoms with Gasteiger partial charge in [0.25, 0.3) is 0 Å². The van der Waals surface area contributed by atoms with Gasteiger partial charge in [-0.2, -0.15) is 0 Å². The normalized spacial score (nSPS) is 8.08. The number of hydrogen-bond donors (Lipinski definition) is 0. The van der Waals surface area contributed by atoms with Crippen LogP contribution in [-0.4, -0.2) is 11.8 Å². The van der Waals surface area contributed by atoms with Crippen molar-refractivity contribution >= 4 is 23.2 Å². The van der Waals surface area contributed by atoms with E-state index in [1.807, 2.05) is 60.7 Å². The molecule has 0 aliphatic carbocycles. The molecule has 0 saturated heterocycles. The summed E-state index contributed by atoms with van der Waals surface area (Å²) in [4.78, 5) is 21.6. The standard InChI is InChI=1S/2C9H11NO.2BrH.Ti/c2*1-2-9(11)10-8-6-4-3-5-7-8;;;/h2*3-7H,2H2,1H3,(H,10,11);2*1H;/q;;;;+4/p-4. The van der Waals surface area contributed by atoms with Crippen molar-refractivity contribution in [3.8, 4) is 0 Å². The van der Waals surface area contributed by atoms with Gasteiger partial charge < -0.3 is 54.2 Å². The zero-order valence-corrected chi connectivity index (χ0v) is 18.9. The van der Waals surface area contributed by atoms with Crippen LogP contribution < -0.4 is 34.0 Å². The van der Waals surface area contributed by atoms with Crippen LogP contribution in [0.5, 0.6) is 0 Å². The third-order valence-corrected chi connectivity index (χ3v) is 2.62. The molecule has 0 fully saturated rings. The van der Waals surface area contributed by atoms with Gasteiger partial charge in [-0.3, -0.25) is 0 Å². The van der Waals surface area contributed by atoms with E-state index in [1.165, 1.54) is 0 Å². The molecular weight excluding hydrogens is 484 g/mol. The van der Waals surface area contributed by atoms with Gasteiger partial charge in [-0.15, -0.1) is 11.4 Å². The van der Waals surface area contributed by atoms with Crippen LogP contribution in [0.3, 0.4) is 0 Å². The molecular formula is C18H20Br2N2O2Ti. The minimum atomic E-state index is -0.0730. The Kier molecular flexibility index (Phi) is 20.6. The minimum Gasteiger partial charge on any atom is -1.00 e. The van der Waals surface area contributed by atoms with Crippen LogP contribution in [0.4, 0.5) is 11.4 Å². The van der Waals surface area contributed by atoms with E-state index in [9.17, 15) is 9.59 Å². The average molecular weight is 504 g/mol. The van der Waals surface area contributed by atoms with E-state index in [1.54, 1.807) is 13.8 Å². The molecule has 0 unspecified atom stereocenters. The molecule has 0 aromatic heterocycles. The van der Waals surface area contributed by atoms with Crippen molar-refractivity contribution in [2.45, 2.75) is 26.7 Å². The van der Waals surface area contributed by atoms with Crippen LogP contribution in [0.25, 0.3) is 10.6 Å². The summed E-state index contributed by atoms with van der Waals surface area (Å²) in [5, 5.41) is 7.68. The molecule has 2 amide bonds. The molecule has 25 heavy (non-hydrogen) atoms. The molecule has 2 aromatic rings. The number of rotatable bonds is 4. The van der Waals surface area contributed by atoms with Crippen LogP contribution in [0.2, 0.25) is 0 Å². The number of benzene rings is 2. The molecule has 0 spiro atoms. The van der Waals surface area contributed by atoms with Crippen LogP contribution in [-0.2, 0) is 31.3 Å². The van der Waals surface area contributed by atoms with E-state index in [0.717, 1.165) is 11.4 Å². The molecule has 2 rings (SSSR count). The van der Waals surface area contributed by atoms with E-state index in [4.69, 9.17) is 0 Å². The van der Waals surface area contributed by atoms with Crippen molar-refractivity contribution in [3.05, 3.63) is 71.3 Å². The summed E-state index contributed by atoms with van der Waals surface area (Å²) in [5.41, 5.74) is 1.47. The van der Waals surface area contributed by atoms with Crippen molar-refractivity contribution < 1.29 is 65.3 Å². The largest absolute Gasteiger partial charge is 4.00 e. The maximum atomic E-state index is 10.8. The number of carbonyl (C=O) groups is 2. The summed E-state index contributed by atoms with van der Waals surface area (Å²) < 4.78 is 0. The van der Waals surface area contributed by atoms with Crippen molar-refractivity contribution in [1.82, 2.24) is 0 Å². The Morgan fingerprint density at radius 2 is 0.960 bits per heavy atom. The van der Waals surface area contributed by atoms with Crippen LogP contribution in [0.15, 0.2) is 60.7 Å². The molecule has 0 radical (unpaired) electrons. The van der Waals surface area contributed by atoms with E-state index in [2.05, 4.69) is 10.6 Å². The Morgan fingerprint density at radius 3 is 1.20 bits per heavy atom. The third kappa shape index (κ3) is 14.0. The predicted molar refractivity (Wildman–Crippen MR) is 89.5 cm³/mol.